The Morgan fingerprint density at radius 2 is 1.95 bits per heavy atom. The third-order valence-electron chi connectivity index (χ3n) is 4.49. The van der Waals surface area contributed by atoms with E-state index in [1.165, 1.54) is 0 Å². The van der Waals surface area contributed by atoms with Crippen LogP contribution < -0.4 is 5.32 Å². The Balaban J connectivity index is 2.05. The van der Waals surface area contributed by atoms with Crippen LogP contribution in [0.3, 0.4) is 0 Å². The van der Waals surface area contributed by atoms with Gasteiger partial charge in [0.1, 0.15) is 0 Å². The number of rotatable bonds is 4. The molecule has 0 saturated carbocycles. The van der Waals surface area contributed by atoms with Crippen LogP contribution in [0, 0.1) is 6.92 Å². The van der Waals surface area contributed by atoms with Crippen molar-refractivity contribution in [1.82, 2.24) is 9.80 Å². The number of amides is 1. The van der Waals surface area contributed by atoms with Gasteiger partial charge in [0, 0.05) is 45.0 Å². The fourth-order valence-corrected chi connectivity index (χ4v) is 2.85. The summed E-state index contributed by atoms with van der Waals surface area (Å²) in [5.41, 5.74) is 2.86. The molecule has 1 aromatic rings. The van der Waals surface area contributed by atoms with Gasteiger partial charge in [-0.15, -0.1) is 0 Å². The minimum absolute atomic E-state index is 0.142. The smallest absolute Gasteiger partial charge is 0.256 e. The van der Waals surface area contributed by atoms with Gasteiger partial charge >= 0.3 is 0 Å². The summed E-state index contributed by atoms with van der Waals surface area (Å²) < 4.78 is 0. The van der Waals surface area contributed by atoms with Crippen molar-refractivity contribution in [2.45, 2.75) is 33.2 Å². The summed E-state index contributed by atoms with van der Waals surface area (Å²) in [4.78, 5) is 17.2. The molecule has 1 atom stereocenters. The molecule has 1 amide bonds. The lowest BCUT2D eigenvalue weighted by molar-refractivity contribution is 0.0580. The number of aryl methyl sites for hydroxylation is 1. The van der Waals surface area contributed by atoms with Crippen molar-refractivity contribution < 1.29 is 4.79 Å². The average Bonchev–Trinajstić information content (AvgIpc) is 2.53. The summed E-state index contributed by atoms with van der Waals surface area (Å²) in [5.74, 6) is 0.142. The highest BCUT2D eigenvalue weighted by molar-refractivity contribution is 5.99. The molecule has 1 aromatic carbocycles. The highest BCUT2D eigenvalue weighted by Crippen LogP contribution is 2.20. The van der Waals surface area contributed by atoms with E-state index in [1.807, 2.05) is 37.1 Å². The Bertz CT molecular complexity index is 493. The van der Waals surface area contributed by atoms with Crippen LogP contribution in [0.15, 0.2) is 18.2 Å². The topological polar surface area (TPSA) is 35.6 Å². The molecule has 0 aromatic heterocycles. The summed E-state index contributed by atoms with van der Waals surface area (Å²) >= 11 is 0. The maximum Gasteiger partial charge on any atom is 0.256 e. The Morgan fingerprint density at radius 3 is 2.52 bits per heavy atom. The van der Waals surface area contributed by atoms with E-state index >= 15 is 0 Å². The lowest BCUT2D eigenvalue weighted by atomic mass is 10.1. The van der Waals surface area contributed by atoms with Crippen LogP contribution in [0.4, 0.5) is 5.69 Å². The number of anilines is 1. The molecule has 1 saturated heterocycles. The summed E-state index contributed by atoms with van der Waals surface area (Å²) in [6, 6.07) is 6.57. The number of piperazine rings is 1. The Labute approximate surface area is 128 Å². The molecule has 0 bridgehead atoms. The summed E-state index contributed by atoms with van der Waals surface area (Å²) in [6.45, 7) is 10.1. The van der Waals surface area contributed by atoms with Crippen molar-refractivity contribution in [2.75, 3.05) is 38.5 Å². The molecule has 0 spiro atoms. The zero-order chi connectivity index (χ0) is 15.4. The van der Waals surface area contributed by atoms with Crippen molar-refractivity contribution in [2.24, 2.45) is 0 Å². The van der Waals surface area contributed by atoms with E-state index in [9.17, 15) is 4.79 Å². The third kappa shape index (κ3) is 3.56. The first kappa shape index (κ1) is 15.8. The highest BCUT2D eigenvalue weighted by Gasteiger charge is 2.25. The monoisotopic (exact) mass is 289 g/mol. The normalized spacial score (nSPS) is 17.6. The lowest BCUT2D eigenvalue weighted by Crippen LogP contribution is -2.51. The van der Waals surface area contributed by atoms with Crippen molar-refractivity contribution in [3.05, 3.63) is 29.3 Å². The number of nitrogens with one attached hydrogen (secondary N) is 1. The van der Waals surface area contributed by atoms with Gasteiger partial charge in [0.25, 0.3) is 5.91 Å². The molecule has 4 heteroatoms. The fraction of sp³-hybridized carbons (Fsp3) is 0.588. The Morgan fingerprint density at radius 1 is 1.29 bits per heavy atom. The van der Waals surface area contributed by atoms with Gasteiger partial charge in [-0.1, -0.05) is 13.0 Å². The summed E-state index contributed by atoms with van der Waals surface area (Å²) in [5, 5.41) is 3.13. The van der Waals surface area contributed by atoms with Gasteiger partial charge in [0.15, 0.2) is 0 Å². The molecule has 116 valence electrons. The van der Waals surface area contributed by atoms with Crippen LogP contribution in [0.2, 0.25) is 0 Å². The predicted octanol–water partition coefficient (Wildman–Crippen LogP) is 2.59. The van der Waals surface area contributed by atoms with E-state index in [2.05, 4.69) is 24.1 Å². The quantitative estimate of drug-likeness (QED) is 0.925. The van der Waals surface area contributed by atoms with Gasteiger partial charge in [-0.3, -0.25) is 9.69 Å². The van der Waals surface area contributed by atoms with Crippen molar-refractivity contribution in [3.63, 3.8) is 0 Å². The number of nitrogens with zero attached hydrogens (tertiary/aromatic N) is 2. The lowest BCUT2D eigenvalue weighted by Gasteiger charge is -2.38. The second kappa shape index (κ2) is 6.94. The summed E-state index contributed by atoms with van der Waals surface area (Å²) in [6.07, 6.45) is 1.16. The largest absolute Gasteiger partial charge is 0.387 e. The van der Waals surface area contributed by atoms with Crippen LogP contribution in [-0.4, -0.2) is 55.0 Å². The third-order valence-corrected chi connectivity index (χ3v) is 4.49. The molecule has 0 radical (unpaired) electrons. The number of carbonyl (C=O) groups excluding carboxylic acids is 1. The molecule has 1 unspecified atom stereocenters. The Kier molecular flexibility index (Phi) is 5.23. The molecule has 1 fully saturated rings. The molecule has 1 aliphatic rings. The van der Waals surface area contributed by atoms with Crippen molar-refractivity contribution >= 4 is 11.6 Å². The van der Waals surface area contributed by atoms with E-state index in [0.29, 0.717) is 6.04 Å². The van der Waals surface area contributed by atoms with Gasteiger partial charge in [-0.05, 0) is 38.0 Å². The number of hydrogen-bond acceptors (Lipinski definition) is 3. The van der Waals surface area contributed by atoms with Crippen molar-refractivity contribution in [3.8, 4) is 0 Å². The molecule has 21 heavy (non-hydrogen) atoms. The van der Waals surface area contributed by atoms with Gasteiger partial charge in [0.05, 0.1) is 5.56 Å². The van der Waals surface area contributed by atoms with Crippen LogP contribution in [-0.2, 0) is 0 Å². The molecular weight excluding hydrogens is 262 g/mol. The first-order valence-corrected chi connectivity index (χ1v) is 7.88. The first-order valence-electron chi connectivity index (χ1n) is 7.88. The SMILES string of the molecule is CCC(C)N1CCN(C(=O)c2ccc(C)cc2NC)CC1. The zero-order valence-electron chi connectivity index (χ0n) is 13.6. The standard InChI is InChI=1S/C17H27N3O/c1-5-14(3)19-8-10-20(11-9-19)17(21)15-7-6-13(2)12-16(15)18-4/h6-7,12,14,18H,5,8-11H2,1-4H3. The molecule has 1 aliphatic heterocycles. The van der Waals surface area contributed by atoms with E-state index < -0.39 is 0 Å². The van der Waals surface area contributed by atoms with Crippen LogP contribution in [0.5, 0.6) is 0 Å². The van der Waals surface area contributed by atoms with E-state index in [0.717, 1.165) is 49.4 Å². The van der Waals surface area contributed by atoms with E-state index in [1.54, 1.807) is 0 Å². The van der Waals surface area contributed by atoms with Gasteiger partial charge in [0.2, 0.25) is 0 Å². The van der Waals surface area contributed by atoms with E-state index in [-0.39, 0.29) is 5.91 Å². The fourth-order valence-electron chi connectivity index (χ4n) is 2.85. The second-order valence-corrected chi connectivity index (χ2v) is 5.88. The highest BCUT2D eigenvalue weighted by atomic mass is 16.2. The van der Waals surface area contributed by atoms with Crippen LogP contribution in [0.1, 0.15) is 36.2 Å². The maximum atomic E-state index is 12.7. The predicted molar refractivity (Wildman–Crippen MR) is 88.0 cm³/mol. The van der Waals surface area contributed by atoms with Crippen molar-refractivity contribution in [1.29, 1.82) is 0 Å². The molecule has 1 N–H and O–H groups in total. The number of benzene rings is 1. The van der Waals surface area contributed by atoms with Crippen LogP contribution >= 0.6 is 0 Å². The average molecular weight is 289 g/mol. The minimum Gasteiger partial charge on any atom is -0.387 e. The zero-order valence-corrected chi connectivity index (χ0v) is 13.6. The first-order chi connectivity index (χ1) is 10.1. The minimum atomic E-state index is 0.142. The molecular formula is C17H27N3O. The second-order valence-electron chi connectivity index (χ2n) is 5.88. The number of hydrogen-bond donors (Lipinski definition) is 1. The molecule has 1 heterocycles. The van der Waals surface area contributed by atoms with Gasteiger partial charge in [-0.2, -0.15) is 0 Å². The summed E-state index contributed by atoms with van der Waals surface area (Å²) in [7, 11) is 1.87. The maximum absolute atomic E-state index is 12.7. The van der Waals surface area contributed by atoms with Gasteiger partial charge in [-0.25, -0.2) is 0 Å². The molecule has 0 aliphatic carbocycles. The molecule has 4 nitrogen and oxygen atoms in total. The van der Waals surface area contributed by atoms with E-state index in [4.69, 9.17) is 0 Å². The Hall–Kier alpha value is -1.55. The van der Waals surface area contributed by atoms with Gasteiger partial charge < -0.3 is 10.2 Å². The van der Waals surface area contributed by atoms with Crippen LogP contribution in [0.25, 0.3) is 0 Å². The number of carbonyl (C=O) groups is 1. The molecule has 2 rings (SSSR count).